The molecule has 0 aliphatic carbocycles. The van der Waals surface area contributed by atoms with Gasteiger partial charge >= 0.3 is 0 Å². The molecule has 0 saturated carbocycles. The molecule has 0 radical (unpaired) electrons. The molecule has 2 aromatic carbocycles. The molecular formula is C21H22FN3O. The number of hydrogen-bond acceptors (Lipinski definition) is 3. The van der Waals surface area contributed by atoms with Crippen LogP contribution in [0.4, 0.5) is 21.5 Å². The number of nitrogens with one attached hydrogen (secondary N) is 2. The van der Waals surface area contributed by atoms with E-state index in [1.54, 1.807) is 12.3 Å². The van der Waals surface area contributed by atoms with Crippen LogP contribution in [0.5, 0.6) is 0 Å². The van der Waals surface area contributed by atoms with Crippen molar-refractivity contribution in [1.29, 1.82) is 0 Å². The smallest absolute Gasteiger partial charge is 0.257 e. The van der Waals surface area contributed by atoms with Crippen molar-refractivity contribution in [3.8, 4) is 0 Å². The van der Waals surface area contributed by atoms with Gasteiger partial charge in [-0.05, 0) is 61.2 Å². The van der Waals surface area contributed by atoms with Crippen molar-refractivity contribution in [3.63, 3.8) is 0 Å². The molecule has 2 N–H and O–H groups in total. The van der Waals surface area contributed by atoms with E-state index in [1.807, 2.05) is 12.1 Å². The van der Waals surface area contributed by atoms with Crippen LogP contribution in [0.3, 0.4) is 0 Å². The molecule has 0 aromatic heterocycles. The molecule has 134 valence electrons. The van der Waals surface area contributed by atoms with Crippen molar-refractivity contribution in [2.24, 2.45) is 5.92 Å². The summed E-state index contributed by atoms with van der Waals surface area (Å²) in [5.74, 6) is 0.148. The Morgan fingerprint density at radius 1 is 1.23 bits per heavy atom. The lowest BCUT2D eigenvalue weighted by atomic mass is 10.00. The van der Waals surface area contributed by atoms with Crippen LogP contribution >= 0.6 is 0 Å². The normalized spacial score (nSPS) is 20.8. The van der Waals surface area contributed by atoms with Crippen LogP contribution in [-0.2, 0) is 4.79 Å². The van der Waals surface area contributed by atoms with E-state index in [4.69, 9.17) is 0 Å². The first-order valence-corrected chi connectivity index (χ1v) is 9.03. The fraction of sp³-hybridized carbons (Fsp3) is 0.286. The Morgan fingerprint density at radius 3 is 2.81 bits per heavy atom. The minimum Gasteiger partial charge on any atom is -0.371 e. The van der Waals surface area contributed by atoms with Crippen molar-refractivity contribution in [1.82, 2.24) is 0 Å². The second-order valence-corrected chi connectivity index (χ2v) is 7.09. The molecule has 4 nitrogen and oxygen atoms in total. The third-order valence-corrected chi connectivity index (χ3v) is 5.04. The van der Waals surface area contributed by atoms with Crippen LogP contribution in [0.25, 0.3) is 5.57 Å². The molecule has 2 heterocycles. The molecule has 1 unspecified atom stereocenters. The molecule has 1 amide bonds. The van der Waals surface area contributed by atoms with Gasteiger partial charge in [0.1, 0.15) is 5.82 Å². The molecular weight excluding hydrogens is 329 g/mol. The number of rotatable bonds is 3. The summed E-state index contributed by atoms with van der Waals surface area (Å²) in [6.45, 7) is 4.50. The molecule has 26 heavy (non-hydrogen) atoms. The van der Waals surface area contributed by atoms with Crippen LogP contribution in [0.2, 0.25) is 0 Å². The molecule has 1 atom stereocenters. The van der Waals surface area contributed by atoms with E-state index in [2.05, 4.69) is 34.6 Å². The van der Waals surface area contributed by atoms with Gasteiger partial charge in [-0.3, -0.25) is 4.79 Å². The van der Waals surface area contributed by atoms with Crippen LogP contribution in [0, 0.1) is 11.7 Å². The summed E-state index contributed by atoms with van der Waals surface area (Å²) in [4.78, 5) is 14.5. The van der Waals surface area contributed by atoms with Gasteiger partial charge in [0, 0.05) is 36.2 Å². The zero-order valence-corrected chi connectivity index (χ0v) is 14.8. The van der Waals surface area contributed by atoms with Gasteiger partial charge in [0.05, 0.1) is 11.3 Å². The highest BCUT2D eigenvalue weighted by atomic mass is 19.1. The molecule has 2 aliphatic heterocycles. The number of hydrogen-bond donors (Lipinski definition) is 2. The van der Waals surface area contributed by atoms with Crippen LogP contribution in [0.1, 0.15) is 25.3 Å². The highest BCUT2D eigenvalue weighted by Gasteiger charge is 2.24. The first-order chi connectivity index (χ1) is 12.6. The summed E-state index contributed by atoms with van der Waals surface area (Å²) in [6.07, 6.45) is 4.22. The van der Waals surface area contributed by atoms with E-state index >= 15 is 0 Å². The molecule has 2 aliphatic rings. The third-order valence-electron chi connectivity index (χ3n) is 5.04. The Bertz CT molecular complexity index is 860. The van der Waals surface area contributed by atoms with E-state index in [9.17, 15) is 9.18 Å². The van der Waals surface area contributed by atoms with Gasteiger partial charge in [-0.25, -0.2) is 4.39 Å². The Labute approximate surface area is 152 Å². The molecule has 0 spiro atoms. The molecule has 1 saturated heterocycles. The summed E-state index contributed by atoms with van der Waals surface area (Å²) in [5, 5.41) is 5.86. The Morgan fingerprint density at radius 2 is 2.04 bits per heavy atom. The van der Waals surface area contributed by atoms with E-state index < -0.39 is 0 Å². The highest BCUT2D eigenvalue weighted by Crippen LogP contribution is 2.32. The quantitative estimate of drug-likeness (QED) is 0.802. The topological polar surface area (TPSA) is 44.4 Å². The van der Waals surface area contributed by atoms with Crippen molar-refractivity contribution in [2.75, 3.05) is 28.6 Å². The molecule has 2 aromatic rings. The van der Waals surface area contributed by atoms with Crippen LogP contribution in [0.15, 0.2) is 48.7 Å². The first-order valence-electron chi connectivity index (χ1n) is 9.03. The van der Waals surface area contributed by atoms with Gasteiger partial charge in [-0.2, -0.15) is 0 Å². The lowest BCUT2D eigenvalue weighted by Crippen LogP contribution is -2.34. The predicted molar refractivity (Wildman–Crippen MR) is 104 cm³/mol. The molecule has 5 heteroatoms. The van der Waals surface area contributed by atoms with Gasteiger partial charge in [-0.15, -0.1) is 0 Å². The van der Waals surface area contributed by atoms with Crippen molar-refractivity contribution >= 4 is 28.5 Å². The monoisotopic (exact) mass is 351 g/mol. The average Bonchev–Trinajstić information content (AvgIpc) is 2.94. The Kier molecular flexibility index (Phi) is 4.37. The molecule has 0 bridgehead atoms. The number of amides is 1. The number of benzene rings is 2. The maximum atomic E-state index is 13.3. The van der Waals surface area contributed by atoms with E-state index in [0.29, 0.717) is 16.8 Å². The number of fused-ring (bicyclic) bond motifs is 1. The maximum absolute atomic E-state index is 13.3. The standard InChI is InChI=1S/C21H22FN3O/c1-14-3-2-10-25(13-14)17-7-5-16(6-8-17)23-12-19-18-9-4-15(22)11-20(18)24-21(19)26/h4-9,11-12,14,23H,2-3,10,13H2,1H3,(H,24,26). The summed E-state index contributed by atoms with van der Waals surface area (Å²) in [6, 6.07) is 12.6. The zero-order valence-electron chi connectivity index (χ0n) is 14.8. The van der Waals surface area contributed by atoms with Crippen molar-refractivity contribution in [2.45, 2.75) is 19.8 Å². The number of carbonyl (C=O) groups is 1. The predicted octanol–water partition coefficient (Wildman–Crippen LogP) is 4.47. The Balaban J connectivity index is 1.48. The van der Waals surface area contributed by atoms with Gasteiger partial charge < -0.3 is 15.5 Å². The van der Waals surface area contributed by atoms with Crippen molar-refractivity contribution in [3.05, 3.63) is 60.0 Å². The highest BCUT2D eigenvalue weighted by molar-refractivity contribution is 6.31. The number of piperidine rings is 1. The average molecular weight is 351 g/mol. The van der Waals surface area contributed by atoms with E-state index in [-0.39, 0.29) is 11.7 Å². The minimum atomic E-state index is -0.360. The van der Waals surface area contributed by atoms with Gasteiger partial charge in [0.2, 0.25) is 0 Å². The number of carbonyl (C=O) groups excluding carboxylic acids is 1. The number of halogens is 1. The number of anilines is 3. The van der Waals surface area contributed by atoms with Gasteiger partial charge in [0.25, 0.3) is 5.91 Å². The second kappa shape index (κ2) is 6.83. The summed E-state index contributed by atoms with van der Waals surface area (Å²) < 4.78 is 13.3. The summed E-state index contributed by atoms with van der Waals surface area (Å²) >= 11 is 0. The first kappa shape index (κ1) is 16.6. The summed E-state index contributed by atoms with van der Waals surface area (Å²) in [5.41, 5.74) is 3.87. The van der Waals surface area contributed by atoms with E-state index in [1.165, 1.54) is 30.7 Å². The van der Waals surface area contributed by atoms with Crippen LogP contribution < -0.4 is 15.5 Å². The molecule has 1 fully saturated rings. The van der Waals surface area contributed by atoms with Gasteiger partial charge in [0.15, 0.2) is 0 Å². The fourth-order valence-corrected chi connectivity index (χ4v) is 3.66. The zero-order chi connectivity index (χ0) is 18.1. The van der Waals surface area contributed by atoms with E-state index in [0.717, 1.165) is 24.7 Å². The second-order valence-electron chi connectivity index (χ2n) is 7.09. The minimum absolute atomic E-state index is 0.225. The van der Waals surface area contributed by atoms with Crippen LogP contribution in [-0.4, -0.2) is 19.0 Å². The largest absolute Gasteiger partial charge is 0.371 e. The fourth-order valence-electron chi connectivity index (χ4n) is 3.66. The van der Waals surface area contributed by atoms with Gasteiger partial charge in [-0.1, -0.05) is 6.92 Å². The third kappa shape index (κ3) is 3.29. The van der Waals surface area contributed by atoms with Crippen molar-refractivity contribution < 1.29 is 9.18 Å². The lowest BCUT2D eigenvalue weighted by molar-refractivity contribution is -0.110. The molecule has 4 rings (SSSR count). The lowest BCUT2D eigenvalue weighted by Gasteiger charge is -2.32. The number of nitrogens with zero attached hydrogens (tertiary/aromatic N) is 1. The Hall–Kier alpha value is -2.82. The maximum Gasteiger partial charge on any atom is 0.257 e. The summed E-state index contributed by atoms with van der Waals surface area (Å²) in [7, 11) is 0. The SMILES string of the molecule is CC1CCCN(c2ccc(NC=C3C(=O)Nc4cc(F)ccc43)cc2)C1.